The molecule has 3 rings (SSSR count). The van der Waals surface area contributed by atoms with Crippen molar-refractivity contribution in [3.05, 3.63) is 64.1 Å². The molecule has 1 saturated carbocycles. The second kappa shape index (κ2) is 12.5. The molecule has 1 fully saturated rings. The molecule has 0 bridgehead atoms. The summed E-state index contributed by atoms with van der Waals surface area (Å²) in [5.41, 5.74) is 0.911. The van der Waals surface area contributed by atoms with Crippen LogP contribution in [0.1, 0.15) is 51.0 Å². The van der Waals surface area contributed by atoms with Gasteiger partial charge in [-0.3, -0.25) is 9.59 Å². The number of hydrogen-bond acceptors (Lipinski definition) is 3. The topological polar surface area (TPSA) is 49.4 Å². The number of carbonyl (C=O) groups is 2. The second-order valence-electron chi connectivity index (χ2n) is 8.22. The van der Waals surface area contributed by atoms with Crippen LogP contribution < -0.4 is 5.32 Å². The molecule has 0 radical (unpaired) electrons. The largest absolute Gasteiger partial charge is 0.352 e. The van der Waals surface area contributed by atoms with E-state index in [1.807, 2.05) is 49.4 Å². The molecule has 1 N–H and O–H groups in total. The van der Waals surface area contributed by atoms with Crippen molar-refractivity contribution in [2.24, 2.45) is 0 Å². The monoisotopic (exact) mass is 492 g/mol. The highest BCUT2D eigenvalue weighted by molar-refractivity contribution is 7.99. The van der Waals surface area contributed by atoms with Crippen molar-refractivity contribution in [2.45, 2.75) is 69.0 Å². The number of rotatable bonds is 9. The van der Waals surface area contributed by atoms with E-state index in [1.54, 1.807) is 22.7 Å². The standard InChI is InChI=1S/C25H30Cl2N2O2S/c1-18(25(31)28-22-8-3-2-4-9-22)29(17-19-6-5-7-21(27)16-19)24(30)14-15-32-23-12-10-20(26)11-13-23/h5-7,10-13,16,18,22H,2-4,8-9,14-15,17H2,1H3,(H,28,31)/t18-/m1/s1. The molecule has 1 aliphatic carbocycles. The molecule has 0 aliphatic heterocycles. The minimum absolute atomic E-state index is 0.0438. The Morgan fingerprint density at radius 1 is 1.06 bits per heavy atom. The van der Waals surface area contributed by atoms with Crippen LogP contribution in [-0.4, -0.2) is 34.6 Å². The van der Waals surface area contributed by atoms with Crippen LogP contribution in [0.5, 0.6) is 0 Å². The summed E-state index contributed by atoms with van der Waals surface area (Å²) in [7, 11) is 0. The molecular weight excluding hydrogens is 463 g/mol. The van der Waals surface area contributed by atoms with Crippen molar-refractivity contribution >= 4 is 46.8 Å². The van der Waals surface area contributed by atoms with Gasteiger partial charge in [0, 0.05) is 39.7 Å². The van der Waals surface area contributed by atoms with Gasteiger partial charge in [0.15, 0.2) is 0 Å². The fourth-order valence-corrected chi connectivity index (χ4v) is 5.09. The Bertz CT molecular complexity index is 901. The highest BCUT2D eigenvalue weighted by Gasteiger charge is 2.28. The van der Waals surface area contributed by atoms with Crippen molar-refractivity contribution in [1.82, 2.24) is 10.2 Å². The van der Waals surface area contributed by atoms with E-state index in [9.17, 15) is 9.59 Å². The van der Waals surface area contributed by atoms with Gasteiger partial charge in [0.2, 0.25) is 11.8 Å². The minimum Gasteiger partial charge on any atom is -0.352 e. The lowest BCUT2D eigenvalue weighted by molar-refractivity contribution is -0.140. The van der Waals surface area contributed by atoms with Gasteiger partial charge in [-0.15, -0.1) is 11.8 Å². The van der Waals surface area contributed by atoms with Crippen LogP contribution in [0.2, 0.25) is 10.0 Å². The molecule has 2 aromatic carbocycles. The first-order valence-electron chi connectivity index (χ1n) is 11.1. The average molecular weight is 494 g/mol. The molecule has 2 aromatic rings. The van der Waals surface area contributed by atoms with E-state index >= 15 is 0 Å². The Morgan fingerprint density at radius 2 is 1.78 bits per heavy atom. The van der Waals surface area contributed by atoms with Crippen LogP contribution in [0.3, 0.4) is 0 Å². The van der Waals surface area contributed by atoms with Gasteiger partial charge in [-0.2, -0.15) is 0 Å². The number of benzene rings is 2. The van der Waals surface area contributed by atoms with E-state index in [4.69, 9.17) is 23.2 Å². The molecule has 7 heteroatoms. The van der Waals surface area contributed by atoms with E-state index in [1.165, 1.54) is 6.42 Å². The molecule has 0 unspecified atom stereocenters. The molecule has 2 amide bonds. The Labute approximate surface area is 205 Å². The first-order chi connectivity index (χ1) is 15.4. The number of nitrogens with one attached hydrogen (secondary N) is 1. The number of carbonyl (C=O) groups excluding carboxylic acids is 2. The van der Waals surface area contributed by atoms with E-state index in [0.717, 1.165) is 36.1 Å². The maximum Gasteiger partial charge on any atom is 0.242 e. The summed E-state index contributed by atoms with van der Waals surface area (Å²) < 4.78 is 0. The number of nitrogens with zero attached hydrogens (tertiary/aromatic N) is 1. The lowest BCUT2D eigenvalue weighted by Gasteiger charge is -2.31. The van der Waals surface area contributed by atoms with Crippen LogP contribution in [-0.2, 0) is 16.1 Å². The highest BCUT2D eigenvalue weighted by Crippen LogP contribution is 2.23. The van der Waals surface area contributed by atoms with E-state index in [-0.39, 0.29) is 17.9 Å². The van der Waals surface area contributed by atoms with Crippen LogP contribution in [0.15, 0.2) is 53.4 Å². The summed E-state index contributed by atoms with van der Waals surface area (Å²) in [5.74, 6) is 0.499. The van der Waals surface area contributed by atoms with Gasteiger partial charge < -0.3 is 10.2 Å². The second-order valence-corrected chi connectivity index (χ2v) is 10.3. The van der Waals surface area contributed by atoms with Crippen molar-refractivity contribution < 1.29 is 9.59 Å². The van der Waals surface area contributed by atoms with Gasteiger partial charge in [-0.25, -0.2) is 0 Å². The van der Waals surface area contributed by atoms with Gasteiger partial charge in [0.25, 0.3) is 0 Å². The van der Waals surface area contributed by atoms with Crippen LogP contribution in [0.25, 0.3) is 0 Å². The van der Waals surface area contributed by atoms with Crippen molar-refractivity contribution in [1.29, 1.82) is 0 Å². The van der Waals surface area contributed by atoms with Gasteiger partial charge in [0.1, 0.15) is 6.04 Å². The van der Waals surface area contributed by atoms with Crippen LogP contribution >= 0.6 is 35.0 Å². The normalized spacial score (nSPS) is 15.2. The minimum atomic E-state index is -0.552. The maximum atomic E-state index is 13.2. The third-order valence-electron chi connectivity index (χ3n) is 5.76. The maximum absolute atomic E-state index is 13.2. The molecular formula is C25H30Cl2N2O2S. The molecule has 172 valence electrons. The summed E-state index contributed by atoms with van der Waals surface area (Å²) in [6.45, 7) is 2.16. The molecule has 0 saturated heterocycles. The predicted molar refractivity (Wildman–Crippen MR) is 133 cm³/mol. The third kappa shape index (κ3) is 7.72. The predicted octanol–water partition coefficient (Wildman–Crippen LogP) is 6.34. The summed E-state index contributed by atoms with van der Waals surface area (Å²) >= 11 is 13.7. The molecule has 32 heavy (non-hydrogen) atoms. The third-order valence-corrected chi connectivity index (χ3v) is 7.26. The molecule has 4 nitrogen and oxygen atoms in total. The van der Waals surface area contributed by atoms with E-state index in [0.29, 0.717) is 28.8 Å². The SMILES string of the molecule is C[C@H](C(=O)NC1CCCCC1)N(Cc1cccc(Cl)c1)C(=O)CCSc1ccc(Cl)cc1. The lowest BCUT2D eigenvalue weighted by Crippen LogP contribution is -2.50. The molecule has 0 heterocycles. The number of hydrogen-bond donors (Lipinski definition) is 1. The summed E-state index contributed by atoms with van der Waals surface area (Å²) in [5, 5.41) is 4.47. The van der Waals surface area contributed by atoms with Crippen LogP contribution in [0.4, 0.5) is 0 Å². The zero-order valence-electron chi connectivity index (χ0n) is 18.4. The van der Waals surface area contributed by atoms with Gasteiger partial charge in [-0.05, 0) is 61.7 Å². The Morgan fingerprint density at radius 3 is 2.47 bits per heavy atom. The average Bonchev–Trinajstić information content (AvgIpc) is 2.79. The number of halogens is 2. The van der Waals surface area contributed by atoms with Gasteiger partial charge in [0.05, 0.1) is 0 Å². The van der Waals surface area contributed by atoms with Gasteiger partial charge in [-0.1, -0.05) is 54.6 Å². The zero-order chi connectivity index (χ0) is 22.9. The first kappa shape index (κ1) is 24.9. The van der Waals surface area contributed by atoms with Crippen molar-refractivity contribution in [2.75, 3.05) is 5.75 Å². The molecule has 0 spiro atoms. The summed E-state index contributed by atoms with van der Waals surface area (Å²) in [6.07, 6.45) is 5.89. The lowest BCUT2D eigenvalue weighted by atomic mass is 9.95. The van der Waals surface area contributed by atoms with Crippen LogP contribution in [0, 0.1) is 0 Å². The first-order valence-corrected chi connectivity index (χ1v) is 12.9. The van der Waals surface area contributed by atoms with Crippen molar-refractivity contribution in [3.8, 4) is 0 Å². The zero-order valence-corrected chi connectivity index (χ0v) is 20.7. The van der Waals surface area contributed by atoms with E-state index < -0.39 is 6.04 Å². The summed E-state index contributed by atoms with van der Waals surface area (Å²) in [4.78, 5) is 28.9. The fourth-order valence-electron chi connectivity index (χ4n) is 3.91. The number of amides is 2. The Balaban J connectivity index is 1.64. The quantitative estimate of drug-likeness (QED) is 0.415. The Kier molecular flexibility index (Phi) is 9.76. The number of thioether (sulfide) groups is 1. The van der Waals surface area contributed by atoms with Crippen molar-refractivity contribution in [3.63, 3.8) is 0 Å². The Hall–Kier alpha value is -1.69. The highest BCUT2D eigenvalue weighted by atomic mass is 35.5. The van der Waals surface area contributed by atoms with Gasteiger partial charge >= 0.3 is 0 Å². The summed E-state index contributed by atoms with van der Waals surface area (Å²) in [6, 6.07) is 14.7. The molecule has 1 atom stereocenters. The van der Waals surface area contributed by atoms with E-state index in [2.05, 4.69) is 5.32 Å². The smallest absolute Gasteiger partial charge is 0.242 e. The molecule has 0 aromatic heterocycles. The molecule has 1 aliphatic rings. The fraction of sp³-hybridized carbons (Fsp3) is 0.440.